The lowest BCUT2D eigenvalue weighted by molar-refractivity contribution is -0.00865. The van der Waals surface area contributed by atoms with Crippen molar-refractivity contribution in [3.8, 4) is 0 Å². The second-order valence-corrected chi connectivity index (χ2v) is 7.62. The first kappa shape index (κ1) is 17.6. The number of amidine groups is 1. The molecule has 1 amide bonds. The van der Waals surface area contributed by atoms with Crippen LogP contribution in [-0.2, 0) is 4.74 Å². The third kappa shape index (κ3) is 4.14. The van der Waals surface area contributed by atoms with Gasteiger partial charge < -0.3 is 20.6 Å². The molecule has 1 aromatic heterocycles. The van der Waals surface area contributed by atoms with Crippen LogP contribution in [0.15, 0.2) is 22.7 Å². The van der Waals surface area contributed by atoms with E-state index in [0.29, 0.717) is 13.1 Å². The van der Waals surface area contributed by atoms with Gasteiger partial charge in [0.2, 0.25) is 0 Å². The SMILES string of the molecule is CN(C(=O)OC(C)(C)C)C1CN([C@@H](C(N)=NO)c2cccs2)C1. The van der Waals surface area contributed by atoms with Crippen molar-refractivity contribution in [1.82, 2.24) is 9.80 Å². The molecule has 0 spiro atoms. The van der Waals surface area contributed by atoms with Gasteiger partial charge in [-0.2, -0.15) is 0 Å². The molecule has 7 nitrogen and oxygen atoms in total. The molecule has 1 atom stereocenters. The number of carbonyl (C=O) groups is 1. The van der Waals surface area contributed by atoms with Gasteiger partial charge in [0.25, 0.3) is 0 Å². The molecule has 2 rings (SSSR count). The lowest BCUT2D eigenvalue weighted by Crippen LogP contribution is -2.62. The Morgan fingerprint density at radius 1 is 1.57 bits per heavy atom. The fraction of sp³-hybridized carbons (Fsp3) is 0.600. The number of amides is 1. The zero-order chi connectivity index (χ0) is 17.2. The Morgan fingerprint density at radius 2 is 2.22 bits per heavy atom. The summed E-state index contributed by atoms with van der Waals surface area (Å²) < 4.78 is 5.38. The summed E-state index contributed by atoms with van der Waals surface area (Å²) >= 11 is 1.56. The van der Waals surface area contributed by atoms with Gasteiger partial charge in [0.05, 0.1) is 6.04 Å². The third-order valence-electron chi connectivity index (χ3n) is 3.69. The van der Waals surface area contributed by atoms with Crippen molar-refractivity contribution in [3.05, 3.63) is 22.4 Å². The number of ether oxygens (including phenoxy) is 1. The predicted molar refractivity (Wildman–Crippen MR) is 89.8 cm³/mol. The second-order valence-electron chi connectivity index (χ2n) is 6.64. The molecule has 128 valence electrons. The number of hydrogen-bond donors (Lipinski definition) is 2. The molecule has 0 unspecified atom stereocenters. The molecule has 3 N–H and O–H groups in total. The van der Waals surface area contributed by atoms with Crippen LogP contribution in [-0.4, -0.2) is 58.7 Å². The van der Waals surface area contributed by atoms with Crippen LogP contribution in [0.4, 0.5) is 4.79 Å². The van der Waals surface area contributed by atoms with Gasteiger partial charge >= 0.3 is 6.09 Å². The van der Waals surface area contributed by atoms with Crippen molar-refractivity contribution in [2.24, 2.45) is 10.9 Å². The Balaban J connectivity index is 1.98. The van der Waals surface area contributed by atoms with E-state index in [1.165, 1.54) is 0 Å². The molecule has 1 aliphatic rings. The highest BCUT2D eigenvalue weighted by Gasteiger charge is 2.40. The van der Waals surface area contributed by atoms with Crippen molar-refractivity contribution in [2.45, 2.75) is 38.5 Å². The molecule has 1 fully saturated rings. The van der Waals surface area contributed by atoms with Crippen molar-refractivity contribution >= 4 is 23.3 Å². The maximum Gasteiger partial charge on any atom is 0.410 e. The lowest BCUT2D eigenvalue weighted by atomic mass is 10.0. The van der Waals surface area contributed by atoms with Gasteiger partial charge in [0, 0.05) is 25.0 Å². The Hall–Kier alpha value is -1.80. The summed E-state index contributed by atoms with van der Waals surface area (Å²) in [5, 5.41) is 14.1. The van der Waals surface area contributed by atoms with E-state index in [1.54, 1.807) is 23.3 Å². The van der Waals surface area contributed by atoms with Crippen LogP contribution in [0.2, 0.25) is 0 Å². The smallest absolute Gasteiger partial charge is 0.410 e. The standard InChI is InChI=1S/C15H24N4O3S/c1-15(2,3)22-14(20)18(4)10-8-19(9-10)12(13(16)17-21)11-6-5-7-23-11/h5-7,10,12,21H,8-9H2,1-4H3,(H2,16,17)/t12-/m1/s1. The summed E-state index contributed by atoms with van der Waals surface area (Å²) in [5.74, 6) is 0.158. The van der Waals surface area contributed by atoms with Gasteiger partial charge in [-0.3, -0.25) is 4.90 Å². The van der Waals surface area contributed by atoms with Crippen LogP contribution in [0.3, 0.4) is 0 Å². The van der Waals surface area contributed by atoms with Crippen molar-refractivity contribution in [2.75, 3.05) is 20.1 Å². The molecular formula is C15H24N4O3S. The molecular weight excluding hydrogens is 316 g/mol. The number of likely N-dealkylation sites (tertiary alicyclic amines) is 1. The minimum Gasteiger partial charge on any atom is -0.444 e. The number of rotatable bonds is 4. The summed E-state index contributed by atoms with van der Waals surface area (Å²) in [7, 11) is 1.74. The Morgan fingerprint density at radius 3 is 2.70 bits per heavy atom. The van der Waals surface area contributed by atoms with Crippen LogP contribution < -0.4 is 5.73 Å². The molecule has 0 aromatic carbocycles. The second kappa shape index (κ2) is 6.76. The first-order valence-electron chi connectivity index (χ1n) is 7.43. The van der Waals surface area contributed by atoms with Crippen LogP contribution in [0, 0.1) is 0 Å². The van der Waals surface area contributed by atoms with Gasteiger partial charge in [-0.1, -0.05) is 11.2 Å². The average molecular weight is 340 g/mol. The first-order valence-corrected chi connectivity index (χ1v) is 8.31. The number of nitrogens with zero attached hydrogens (tertiary/aromatic N) is 3. The number of likely N-dealkylation sites (N-methyl/N-ethyl adjacent to an activating group) is 1. The first-order chi connectivity index (χ1) is 10.7. The molecule has 23 heavy (non-hydrogen) atoms. The Labute approximate surface area is 140 Å². The van der Waals surface area contributed by atoms with E-state index >= 15 is 0 Å². The molecule has 0 bridgehead atoms. The van der Waals surface area contributed by atoms with Gasteiger partial charge in [0.1, 0.15) is 11.6 Å². The highest BCUT2D eigenvalue weighted by Crippen LogP contribution is 2.31. The van der Waals surface area contributed by atoms with Gasteiger partial charge in [-0.05, 0) is 32.2 Å². The molecule has 1 saturated heterocycles. The third-order valence-corrected chi connectivity index (χ3v) is 4.62. The number of nitrogens with two attached hydrogens (primary N) is 1. The summed E-state index contributed by atoms with van der Waals surface area (Å²) in [6, 6.07) is 3.68. The minimum absolute atomic E-state index is 0.0544. The quantitative estimate of drug-likeness (QED) is 0.379. The number of carbonyl (C=O) groups excluding carboxylic acids is 1. The predicted octanol–water partition coefficient (Wildman–Crippen LogP) is 2.09. The van der Waals surface area contributed by atoms with Gasteiger partial charge in [0.15, 0.2) is 5.84 Å². The van der Waals surface area contributed by atoms with E-state index < -0.39 is 5.60 Å². The van der Waals surface area contributed by atoms with E-state index in [-0.39, 0.29) is 24.0 Å². The number of oxime groups is 1. The van der Waals surface area contributed by atoms with E-state index in [9.17, 15) is 4.79 Å². The fourth-order valence-electron chi connectivity index (χ4n) is 2.44. The molecule has 2 heterocycles. The molecule has 1 aromatic rings. The van der Waals surface area contributed by atoms with Crippen LogP contribution in [0.25, 0.3) is 0 Å². The van der Waals surface area contributed by atoms with Gasteiger partial charge in [-0.25, -0.2) is 4.79 Å². The highest BCUT2D eigenvalue weighted by atomic mass is 32.1. The monoisotopic (exact) mass is 340 g/mol. The van der Waals surface area contributed by atoms with E-state index in [4.69, 9.17) is 15.7 Å². The van der Waals surface area contributed by atoms with Crippen LogP contribution in [0.1, 0.15) is 31.7 Å². The average Bonchev–Trinajstić information content (AvgIpc) is 2.92. The Kier molecular flexibility index (Phi) is 5.16. The van der Waals surface area contributed by atoms with Crippen LogP contribution >= 0.6 is 11.3 Å². The maximum atomic E-state index is 12.1. The van der Waals surface area contributed by atoms with E-state index in [1.807, 2.05) is 38.3 Å². The molecule has 0 saturated carbocycles. The van der Waals surface area contributed by atoms with E-state index in [2.05, 4.69) is 10.1 Å². The van der Waals surface area contributed by atoms with Crippen molar-refractivity contribution in [1.29, 1.82) is 0 Å². The lowest BCUT2D eigenvalue weighted by Gasteiger charge is -2.46. The molecule has 8 heteroatoms. The summed E-state index contributed by atoms with van der Waals surface area (Å²) in [4.78, 5) is 16.8. The van der Waals surface area contributed by atoms with Gasteiger partial charge in [-0.15, -0.1) is 11.3 Å². The largest absolute Gasteiger partial charge is 0.444 e. The van der Waals surface area contributed by atoms with Crippen LogP contribution in [0.5, 0.6) is 0 Å². The summed E-state index contributed by atoms with van der Waals surface area (Å²) in [6.07, 6.45) is -0.335. The molecule has 1 aliphatic heterocycles. The minimum atomic E-state index is -0.512. The van der Waals surface area contributed by atoms with Crippen molar-refractivity contribution < 1.29 is 14.7 Å². The normalized spacial score (nSPS) is 18.3. The zero-order valence-electron chi connectivity index (χ0n) is 13.9. The number of hydrogen-bond acceptors (Lipinski definition) is 6. The Bertz CT molecular complexity index is 562. The molecule has 0 radical (unpaired) electrons. The maximum absolute atomic E-state index is 12.1. The number of thiophene rings is 1. The topological polar surface area (TPSA) is 91.4 Å². The zero-order valence-corrected chi connectivity index (χ0v) is 14.7. The molecule has 0 aliphatic carbocycles. The summed E-state index contributed by atoms with van der Waals surface area (Å²) in [6.45, 7) is 6.83. The van der Waals surface area contributed by atoms with E-state index in [0.717, 1.165) is 4.88 Å². The fourth-order valence-corrected chi connectivity index (χ4v) is 3.31. The highest BCUT2D eigenvalue weighted by molar-refractivity contribution is 7.10. The summed E-state index contributed by atoms with van der Waals surface area (Å²) in [5.41, 5.74) is 5.33. The van der Waals surface area contributed by atoms with Crippen molar-refractivity contribution in [3.63, 3.8) is 0 Å².